The van der Waals surface area contributed by atoms with Crippen LogP contribution in [0.25, 0.3) is 10.6 Å². The maximum absolute atomic E-state index is 12.6. The van der Waals surface area contributed by atoms with Crippen molar-refractivity contribution in [2.45, 2.75) is 42.2 Å². The van der Waals surface area contributed by atoms with Crippen LogP contribution in [0.15, 0.2) is 64.9 Å². The molecule has 2 aromatic carbocycles. The number of aromatic nitrogens is 1. The molecule has 4 rings (SSSR count). The number of para-hydroxylation sites is 1. The number of hydrogen-bond donors (Lipinski definition) is 1. The average molecular weight is 395 g/mol. The molecule has 0 saturated heterocycles. The van der Waals surface area contributed by atoms with Crippen molar-refractivity contribution in [3.05, 3.63) is 65.7 Å². The van der Waals surface area contributed by atoms with Gasteiger partial charge in [-0.3, -0.25) is 4.79 Å². The van der Waals surface area contributed by atoms with Crippen LogP contribution in [-0.2, 0) is 11.2 Å². The lowest BCUT2D eigenvalue weighted by atomic mass is 10.2. The van der Waals surface area contributed by atoms with Crippen molar-refractivity contribution in [2.75, 3.05) is 5.32 Å². The molecule has 3 aromatic rings. The van der Waals surface area contributed by atoms with Crippen LogP contribution in [-0.4, -0.2) is 16.1 Å². The Labute approximate surface area is 168 Å². The number of carbonyl (C=O) groups is 1. The standard InChI is InChI=1S/C22H22N2OS2/c25-21(14-17-15-26-22(23-17)16-8-2-1-3-9-16)24-19-12-6-7-13-20(19)27-18-10-4-5-11-18/h1-3,6-9,12-13,15,18H,4-5,10-11,14H2,(H,24,25). The highest BCUT2D eigenvalue weighted by Crippen LogP contribution is 2.38. The average Bonchev–Trinajstić information content (AvgIpc) is 3.36. The fraction of sp³-hybridized carbons (Fsp3) is 0.273. The first kappa shape index (κ1) is 18.3. The normalized spacial score (nSPS) is 14.4. The molecule has 0 atom stereocenters. The number of thioether (sulfide) groups is 1. The monoisotopic (exact) mass is 394 g/mol. The third-order valence-electron chi connectivity index (χ3n) is 4.67. The van der Waals surface area contributed by atoms with Gasteiger partial charge in [-0.1, -0.05) is 55.3 Å². The Balaban J connectivity index is 1.40. The number of hydrogen-bond acceptors (Lipinski definition) is 4. The summed E-state index contributed by atoms with van der Waals surface area (Å²) in [7, 11) is 0. The van der Waals surface area contributed by atoms with Gasteiger partial charge in [-0.2, -0.15) is 0 Å². The first-order valence-corrected chi connectivity index (χ1v) is 11.1. The molecular formula is C22H22N2OS2. The van der Waals surface area contributed by atoms with Crippen molar-refractivity contribution in [2.24, 2.45) is 0 Å². The number of amides is 1. The SMILES string of the molecule is O=C(Cc1csc(-c2ccccc2)n1)Nc1ccccc1SC1CCCC1. The van der Waals surface area contributed by atoms with E-state index >= 15 is 0 Å². The van der Waals surface area contributed by atoms with Gasteiger partial charge in [-0.25, -0.2) is 4.98 Å². The Kier molecular flexibility index (Phi) is 5.90. The highest BCUT2D eigenvalue weighted by molar-refractivity contribution is 8.00. The summed E-state index contributed by atoms with van der Waals surface area (Å²) in [5.41, 5.74) is 2.82. The van der Waals surface area contributed by atoms with Gasteiger partial charge >= 0.3 is 0 Å². The molecule has 1 aliphatic carbocycles. The summed E-state index contributed by atoms with van der Waals surface area (Å²) in [6.45, 7) is 0. The molecule has 27 heavy (non-hydrogen) atoms. The van der Waals surface area contributed by atoms with Crippen LogP contribution < -0.4 is 5.32 Å². The second kappa shape index (κ2) is 8.72. The molecule has 1 N–H and O–H groups in total. The molecule has 1 amide bonds. The van der Waals surface area contributed by atoms with Gasteiger partial charge in [0.1, 0.15) is 5.01 Å². The quantitative estimate of drug-likeness (QED) is 0.555. The molecule has 0 bridgehead atoms. The van der Waals surface area contributed by atoms with E-state index in [-0.39, 0.29) is 5.91 Å². The number of anilines is 1. The maximum Gasteiger partial charge on any atom is 0.230 e. The number of nitrogens with one attached hydrogen (secondary N) is 1. The van der Waals surface area contributed by atoms with Gasteiger partial charge in [0, 0.05) is 21.1 Å². The third kappa shape index (κ3) is 4.79. The van der Waals surface area contributed by atoms with Gasteiger partial charge in [0.2, 0.25) is 5.91 Å². The van der Waals surface area contributed by atoms with E-state index in [1.54, 1.807) is 11.3 Å². The number of nitrogens with zero attached hydrogens (tertiary/aromatic N) is 1. The smallest absolute Gasteiger partial charge is 0.230 e. The first-order valence-electron chi connectivity index (χ1n) is 9.33. The topological polar surface area (TPSA) is 42.0 Å². The predicted octanol–water partition coefficient (Wildman–Crippen LogP) is 6.03. The summed E-state index contributed by atoms with van der Waals surface area (Å²) in [4.78, 5) is 18.3. The van der Waals surface area contributed by atoms with E-state index in [1.807, 2.05) is 65.7 Å². The minimum atomic E-state index is -0.0145. The van der Waals surface area contributed by atoms with E-state index in [0.717, 1.165) is 22.0 Å². The van der Waals surface area contributed by atoms with Crippen molar-refractivity contribution in [1.29, 1.82) is 0 Å². The van der Waals surface area contributed by atoms with E-state index in [2.05, 4.69) is 16.4 Å². The molecule has 138 valence electrons. The first-order chi connectivity index (χ1) is 13.3. The minimum Gasteiger partial charge on any atom is -0.325 e. The van der Waals surface area contributed by atoms with Crippen LogP contribution in [0.5, 0.6) is 0 Å². The Morgan fingerprint density at radius 2 is 1.81 bits per heavy atom. The minimum absolute atomic E-state index is 0.0145. The highest BCUT2D eigenvalue weighted by atomic mass is 32.2. The van der Waals surface area contributed by atoms with Crippen LogP contribution in [0, 0.1) is 0 Å². The molecule has 1 fully saturated rings. The zero-order valence-corrected chi connectivity index (χ0v) is 16.7. The van der Waals surface area contributed by atoms with E-state index in [9.17, 15) is 4.79 Å². The molecule has 0 spiro atoms. The second-order valence-electron chi connectivity index (χ2n) is 6.76. The zero-order chi connectivity index (χ0) is 18.5. The van der Waals surface area contributed by atoms with E-state index in [0.29, 0.717) is 11.7 Å². The van der Waals surface area contributed by atoms with Crippen LogP contribution in [0.3, 0.4) is 0 Å². The number of thiazole rings is 1. The molecule has 0 aliphatic heterocycles. The molecule has 5 heteroatoms. The third-order valence-corrected chi connectivity index (χ3v) is 7.03. The zero-order valence-electron chi connectivity index (χ0n) is 15.1. The molecule has 1 aromatic heterocycles. The fourth-order valence-electron chi connectivity index (χ4n) is 3.32. The predicted molar refractivity (Wildman–Crippen MR) is 114 cm³/mol. The van der Waals surface area contributed by atoms with Crippen molar-refractivity contribution >= 4 is 34.7 Å². The van der Waals surface area contributed by atoms with Crippen LogP contribution in [0.2, 0.25) is 0 Å². The molecule has 3 nitrogen and oxygen atoms in total. The lowest BCUT2D eigenvalue weighted by molar-refractivity contribution is -0.115. The summed E-state index contributed by atoms with van der Waals surface area (Å²) in [6.07, 6.45) is 5.48. The molecule has 1 aliphatic rings. The maximum atomic E-state index is 12.6. The number of carbonyl (C=O) groups excluding carboxylic acids is 1. The lowest BCUT2D eigenvalue weighted by Gasteiger charge is -2.13. The van der Waals surface area contributed by atoms with Gasteiger partial charge in [-0.05, 0) is 25.0 Å². The highest BCUT2D eigenvalue weighted by Gasteiger charge is 2.18. The molecule has 1 heterocycles. The summed E-state index contributed by atoms with van der Waals surface area (Å²) >= 11 is 3.48. The lowest BCUT2D eigenvalue weighted by Crippen LogP contribution is -2.15. The Bertz CT molecular complexity index is 901. The van der Waals surface area contributed by atoms with Crippen LogP contribution in [0.4, 0.5) is 5.69 Å². The van der Waals surface area contributed by atoms with E-state index in [4.69, 9.17) is 0 Å². The summed E-state index contributed by atoms with van der Waals surface area (Å²) in [6, 6.07) is 18.2. The Hall–Kier alpha value is -2.11. The van der Waals surface area contributed by atoms with Crippen LogP contribution >= 0.6 is 23.1 Å². The molecule has 0 unspecified atom stereocenters. The van der Waals surface area contributed by atoms with Crippen LogP contribution in [0.1, 0.15) is 31.4 Å². The second-order valence-corrected chi connectivity index (χ2v) is 8.96. The molecule has 1 saturated carbocycles. The van der Waals surface area contributed by atoms with Crippen molar-refractivity contribution < 1.29 is 4.79 Å². The van der Waals surface area contributed by atoms with Gasteiger partial charge in [0.15, 0.2) is 0 Å². The Morgan fingerprint density at radius 3 is 2.63 bits per heavy atom. The van der Waals surface area contributed by atoms with Gasteiger partial charge in [-0.15, -0.1) is 23.1 Å². The Morgan fingerprint density at radius 1 is 1.07 bits per heavy atom. The van der Waals surface area contributed by atoms with Crippen molar-refractivity contribution in [3.8, 4) is 10.6 Å². The summed E-state index contributed by atoms with van der Waals surface area (Å²) in [5, 5.41) is 6.69. The van der Waals surface area contributed by atoms with Crippen molar-refractivity contribution in [1.82, 2.24) is 4.98 Å². The van der Waals surface area contributed by atoms with Crippen molar-refractivity contribution in [3.63, 3.8) is 0 Å². The van der Waals surface area contributed by atoms with E-state index in [1.165, 1.54) is 30.6 Å². The number of benzene rings is 2. The number of rotatable bonds is 6. The molecule has 0 radical (unpaired) electrons. The van der Waals surface area contributed by atoms with Gasteiger partial charge < -0.3 is 5.32 Å². The van der Waals surface area contributed by atoms with Gasteiger partial charge in [0.25, 0.3) is 0 Å². The summed E-state index contributed by atoms with van der Waals surface area (Å²) < 4.78 is 0. The van der Waals surface area contributed by atoms with E-state index < -0.39 is 0 Å². The molecular weight excluding hydrogens is 372 g/mol. The largest absolute Gasteiger partial charge is 0.325 e. The summed E-state index contributed by atoms with van der Waals surface area (Å²) in [5.74, 6) is -0.0145. The fourth-order valence-corrected chi connectivity index (χ4v) is 5.48. The van der Waals surface area contributed by atoms with Gasteiger partial charge in [0.05, 0.1) is 17.8 Å².